The number of carbonyl (C=O) groups is 1. The highest BCUT2D eigenvalue weighted by atomic mass is 17.2. The van der Waals surface area contributed by atoms with Gasteiger partial charge in [-0.15, -0.1) is 0 Å². The molecule has 0 aliphatic carbocycles. The zero-order valence-corrected chi connectivity index (χ0v) is 11.2. The Balaban J connectivity index is 2.87. The first-order valence-electron chi connectivity index (χ1n) is 5.66. The lowest BCUT2D eigenvalue weighted by Crippen LogP contribution is -2.17. The van der Waals surface area contributed by atoms with Crippen LogP contribution in [0.25, 0.3) is 0 Å². The van der Waals surface area contributed by atoms with Crippen LogP contribution in [0.15, 0.2) is 29.3 Å². The van der Waals surface area contributed by atoms with Crippen molar-refractivity contribution in [1.29, 1.82) is 0 Å². The molecule has 0 bridgehead atoms. The molecule has 6 heteroatoms. The number of rotatable bonds is 7. The Hall–Kier alpha value is -1.92. The number of carbonyl (C=O) groups excluding carboxylic acids is 1. The maximum Gasteiger partial charge on any atom is 0.352 e. The number of benzene rings is 1. The maximum atomic E-state index is 11.6. The fourth-order valence-corrected chi connectivity index (χ4v) is 1.38. The second-order valence-corrected chi connectivity index (χ2v) is 3.49. The van der Waals surface area contributed by atoms with Crippen molar-refractivity contribution in [2.75, 3.05) is 27.9 Å². The third-order valence-electron chi connectivity index (χ3n) is 2.28. The van der Waals surface area contributed by atoms with Gasteiger partial charge in [-0.2, -0.15) is 0 Å². The van der Waals surface area contributed by atoms with E-state index in [0.717, 1.165) is 0 Å². The zero-order valence-electron chi connectivity index (χ0n) is 11.2. The van der Waals surface area contributed by atoms with Crippen LogP contribution >= 0.6 is 0 Å². The molecule has 0 fully saturated rings. The lowest BCUT2D eigenvalue weighted by Gasteiger charge is -2.05. The second kappa shape index (κ2) is 8.23. The molecule has 19 heavy (non-hydrogen) atoms. The quantitative estimate of drug-likeness (QED) is 0.248. The number of hydrogen-bond acceptors (Lipinski definition) is 6. The van der Waals surface area contributed by atoms with E-state index in [1.807, 2.05) is 0 Å². The Morgan fingerprint density at radius 2 is 2.05 bits per heavy atom. The molecule has 0 atom stereocenters. The van der Waals surface area contributed by atoms with Gasteiger partial charge in [-0.1, -0.05) is 6.07 Å². The summed E-state index contributed by atoms with van der Waals surface area (Å²) >= 11 is 0. The number of hydrogen-bond donors (Lipinski definition) is 0. The fourth-order valence-electron chi connectivity index (χ4n) is 1.38. The van der Waals surface area contributed by atoms with Crippen LogP contribution in [-0.4, -0.2) is 39.6 Å². The first-order chi connectivity index (χ1) is 9.21. The van der Waals surface area contributed by atoms with Crippen molar-refractivity contribution < 1.29 is 24.0 Å². The minimum absolute atomic E-state index is 0.217. The van der Waals surface area contributed by atoms with E-state index in [9.17, 15) is 4.79 Å². The number of methoxy groups -OCH3 is 2. The first-order valence-corrected chi connectivity index (χ1v) is 5.66. The Morgan fingerprint density at radius 1 is 1.26 bits per heavy atom. The SMILES string of the molecule is COOCCC(=Nc1cccc(OC)c1)C(=O)OC. The molecule has 0 amide bonds. The highest BCUT2D eigenvalue weighted by molar-refractivity contribution is 6.37. The van der Waals surface area contributed by atoms with Crippen LogP contribution in [0.5, 0.6) is 5.75 Å². The highest BCUT2D eigenvalue weighted by Crippen LogP contribution is 2.20. The van der Waals surface area contributed by atoms with E-state index < -0.39 is 5.97 Å². The molecule has 1 aromatic carbocycles. The summed E-state index contributed by atoms with van der Waals surface area (Å²) in [6.45, 7) is 0.217. The van der Waals surface area contributed by atoms with Crippen molar-refractivity contribution in [2.24, 2.45) is 4.99 Å². The minimum Gasteiger partial charge on any atom is -0.497 e. The molecular formula is C13H17NO5. The summed E-state index contributed by atoms with van der Waals surface area (Å²) in [5.74, 6) is 0.168. The van der Waals surface area contributed by atoms with Crippen molar-refractivity contribution in [3.63, 3.8) is 0 Å². The predicted octanol–water partition coefficient (Wildman–Crippen LogP) is 1.91. The van der Waals surface area contributed by atoms with Crippen LogP contribution in [0, 0.1) is 0 Å². The molecule has 0 heterocycles. The van der Waals surface area contributed by atoms with E-state index in [1.54, 1.807) is 31.4 Å². The lowest BCUT2D eigenvalue weighted by molar-refractivity contribution is -0.270. The predicted molar refractivity (Wildman–Crippen MR) is 69.7 cm³/mol. The topological polar surface area (TPSA) is 66.3 Å². The summed E-state index contributed by atoms with van der Waals surface area (Å²) in [4.78, 5) is 25.0. The molecule has 0 spiro atoms. The third kappa shape index (κ3) is 5.07. The van der Waals surface area contributed by atoms with Crippen LogP contribution in [0.2, 0.25) is 0 Å². The molecule has 0 saturated heterocycles. The summed E-state index contributed by atoms with van der Waals surface area (Å²) in [6.07, 6.45) is 0.289. The second-order valence-electron chi connectivity index (χ2n) is 3.49. The van der Waals surface area contributed by atoms with Gasteiger partial charge in [-0.05, 0) is 12.1 Å². The van der Waals surface area contributed by atoms with Gasteiger partial charge in [0.1, 0.15) is 11.5 Å². The number of esters is 1. The Kier molecular flexibility index (Phi) is 6.56. The molecule has 1 aromatic rings. The van der Waals surface area contributed by atoms with Crippen molar-refractivity contribution in [1.82, 2.24) is 0 Å². The molecule has 104 valence electrons. The smallest absolute Gasteiger partial charge is 0.352 e. The number of aliphatic imine (C=N–C) groups is 1. The molecule has 0 saturated carbocycles. The highest BCUT2D eigenvalue weighted by Gasteiger charge is 2.12. The normalized spacial score (nSPS) is 11.2. The van der Waals surface area contributed by atoms with Gasteiger partial charge in [-0.3, -0.25) is 0 Å². The maximum absolute atomic E-state index is 11.6. The van der Waals surface area contributed by atoms with Gasteiger partial charge >= 0.3 is 5.97 Å². The number of nitrogens with zero attached hydrogens (tertiary/aromatic N) is 1. The standard InChI is InChI=1S/C13H17NO5/c1-16-11-6-4-5-10(9-11)14-12(13(15)17-2)7-8-19-18-3/h4-6,9H,7-8H2,1-3H3. The van der Waals surface area contributed by atoms with E-state index in [4.69, 9.17) is 9.62 Å². The zero-order chi connectivity index (χ0) is 14.1. The van der Waals surface area contributed by atoms with Gasteiger partial charge in [0.05, 0.1) is 33.6 Å². The van der Waals surface area contributed by atoms with Crippen molar-refractivity contribution in [2.45, 2.75) is 6.42 Å². The van der Waals surface area contributed by atoms with E-state index in [1.165, 1.54) is 14.2 Å². The van der Waals surface area contributed by atoms with Gasteiger partial charge in [0, 0.05) is 12.5 Å². The average molecular weight is 267 g/mol. The molecule has 6 nitrogen and oxygen atoms in total. The molecule has 0 N–H and O–H groups in total. The van der Waals surface area contributed by atoms with Gasteiger partial charge in [0.15, 0.2) is 0 Å². The van der Waals surface area contributed by atoms with Crippen LogP contribution in [0.1, 0.15) is 6.42 Å². The molecule has 1 rings (SSSR count). The summed E-state index contributed by atoms with van der Waals surface area (Å²) in [5.41, 5.74) is 0.866. The van der Waals surface area contributed by atoms with Gasteiger partial charge in [0.2, 0.25) is 0 Å². The molecule has 0 unspecified atom stereocenters. The Labute approximate surface area is 111 Å². The van der Waals surface area contributed by atoms with Crippen molar-refractivity contribution in [3.05, 3.63) is 24.3 Å². The average Bonchev–Trinajstić information content (AvgIpc) is 2.45. The monoisotopic (exact) mass is 267 g/mol. The minimum atomic E-state index is -0.498. The van der Waals surface area contributed by atoms with Crippen LogP contribution in [0.4, 0.5) is 5.69 Å². The largest absolute Gasteiger partial charge is 0.497 e. The summed E-state index contributed by atoms with van der Waals surface area (Å²) < 4.78 is 9.77. The van der Waals surface area contributed by atoms with Crippen molar-refractivity contribution in [3.8, 4) is 5.75 Å². The fraction of sp³-hybridized carbons (Fsp3) is 0.385. The lowest BCUT2D eigenvalue weighted by atomic mass is 10.2. The van der Waals surface area contributed by atoms with E-state index in [2.05, 4.69) is 14.6 Å². The molecular weight excluding hydrogens is 250 g/mol. The van der Waals surface area contributed by atoms with Crippen molar-refractivity contribution >= 4 is 17.4 Å². The summed E-state index contributed by atoms with van der Waals surface area (Å²) in [7, 11) is 4.27. The van der Waals surface area contributed by atoms with Gasteiger partial charge < -0.3 is 9.47 Å². The van der Waals surface area contributed by atoms with Crippen LogP contribution in [0.3, 0.4) is 0 Å². The van der Waals surface area contributed by atoms with E-state index in [-0.39, 0.29) is 18.7 Å². The number of ether oxygens (including phenoxy) is 2. The first kappa shape index (κ1) is 15.1. The van der Waals surface area contributed by atoms with E-state index >= 15 is 0 Å². The summed E-state index contributed by atoms with van der Waals surface area (Å²) in [6, 6.07) is 7.08. The Morgan fingerprint density at radius 3 is 2.68 bits per heavy atom. The molecule has 0 aliphatic heterocycles. The van der Waals surface area contributed by atoms with Crippen LogP contribution < -0.4 is 4.74 Å². The van der Waals surface area contributed by atoms with Gasteiger partial charge in [0.25, 0.3) is 0 Å². The van der Waals surface area contributed by atoms with E-state index in [0.29, 0.717) is 11.4 Å². The molecule has 0 aliphatic rings. The summed E-state index contributed by atoms with van der Waals surface area (Å²) in [5, 5.41) is 0. The van der Waals surface area contributed by atoms with Crippen LogP contribution in [-0.2, 0) is 19.3 Å². The molecule has 0 radical (unpaired) electrons. The van der Waals surface area contributed by atoms with Gasteiger partial charge in [-0.25, -0.2) is 19.6 Å². The molecule has 0 aromatic heterocycles. The third-order valence-corrected chi connectivity index (χ3v) is 2.28. The Bertz CT molecular complexity index is 444.